The van der Waals surface area contributed by atoms with E-state index in [1.165, 1.54) is 4.31 Å². The molecule has 0 saturated carbocycles. The van der Waals surface area contributed by atoms with Crippen LogP contribution in [0, 0.1) is 0 Å². The standard InChI is InChI=1S/C23H25N3O3S/c27-23(21-11-10-19-6-4-5-7-20(19)18-21)24-12-17-30(28,29)26-15-13-25(14-16-26)22-8-2-1-3-9-22/h1-11,18H,12-17H2,(H,24,27). The Balaban J connectivity index is 1.29. The highest BCUT2D eigenvalue weighted by molar-refractivity contribution is 7.89. The zero-order valence-corrected chi connectivity index (χ0v) is 17.5. The minimum absolute atomic E-state index is 0.0902. The molecule has 0 bridgehead atoms. The zero-order valence-electron chi connectivity index (χ0n) is 16.7. The van der Waals surface area contributed by atoms with Crippen LogP contribution in [0.2, 0.25) is 0 Å². The highest BCUT2D eigenvalue weighted by Gasteiger charge is 2.26. The number of para-hydroxylation sites is 1. The maximum atomic E-state index is 12.7. The minimum Gasteiger partial charge on any atom is -0.369 e. The molecule has 3 aromatic carbocycles. The molecule has 0 radical (unpaired) electrons. The number of rotatable bonds is 6. The molecule has 0 atom stereocenters. The second kappa shape index (κ2) is 8.85. The number of piperazine rings is 1. The van der Waals surface area contributed by atoms with Gasteiger partial charge in [0.1, 0.15) is 0 Å². The number of hydrogen-bond donors (Lipinski definition) is 1. The van der Waals surface area contributed by atoms with Crippen LogP contribution in [0.25, 0.3) is 10.8 Å². The molecule has 7 heteroatoms. The summed E-state index contributed by atoms with van der Waals surface area (Å²) < 4.78 is 26.9. The molecule has 0 unspecified atom stereocenters. The first kappa shape index (κ1) is 20.4. The number of sulfonamides is 1. The summed E-state index contributed by atoms with van der Waals surface area (Å²) in [6.07, 6.45) is 0. The summed E-state index contributed by atoms with van der Waals surface area (Å²) in [5, 5.41) is 4.78. The number of amides is 1. The van der Waals surface area contributed by atoms with Crippen LogP contribution >= 0.6 is 0 Å². The van der Waals surface area contributed by atoms with E-state index in [0.717, 1.165) is 16.5 Å². The van der Waals surface area contributed by atoms with Gasteiger partial charge in [0.2, 0.25) is 10.0 Å². The molecule has 0 aromatic heterocycles. The van der Waals surface area contributed by atoms with Crippen molar-refractivity contribution >= 4 is 32.4 Å². The summed E-state index contributed by atoms with van der Waals surface area (Å²) in [5.41, 5.74) is 1.64. The fourth-order valence-electron chi connectivity index (χ4n) is 3.72. The summed E-state index contributed by atoms with van der Waals surface area (Å²) in [6, 6.07) is 23.3. The highest BCUT2D eigenvalue weighted by atomic mass is 32.2. The van der Waals surface area contributed by atoms with E-state index in [9.17, 15) is 13.2 Å². The molecule has 6 nitrogen and oxygen atoms in total. The Morgan fingerprint density at radius 3 is 2.23 bits per heavy atom. The number of nitrogens with one attached hydrogen (secondary N) is 1. The molecule has 1 heterocycles. The van der Waals surface area contributed by atoms with Crippen molar-refractivity contribution in [3.8, 4) is 0 Å². The van der Waals surface area contributed by atoms with Crippen molar-refractivity contribution in [2.24, 2.45) is 0 Å². The number of anilines is 1. The van der Waals surface area contributed by atoms with Gasteiger partial charge < -0.3 is 10.2 Å². The Kier molecular flexibility index (Phi) is 6.01. The van der Waals surface area contributed by atoms with E-state index in [4.69, 9.17) is 0 Å². The summed E-state index contributed by atoms with van der Waals surface area (Å²) in [5.74, 6) is -0.359. The van der Waals surface area contributed by atoms with Crippen molar-refractivity contribution in [2.75, 3.05) is 43.4 Å². The molecule has 0 spiro atoms. The number of nitrogens with zero attached hydrogens (tertiary/aromatic N) is 2. The normalized spacial score (nSPS) is 15.3. The van der Waals surface area contributed by atoms with Crippen LogP contribution in [0.15, 0.2) is 72.8 Å². The average molecular weight is 424 g/mol. The van der Waals surface area contributed by atoms with Crippen LogP contribution in [0.3, 0.4) is 0 Å². The maximum Gasteiger partial charge on any atom is 0.251 e. The molecule has 30 heavy (non-hydrogen) atoms. The van der Waals surface area contributed by atoms with Crippen LogP contribution in [0.1, 0.15) is 10.4 Å². The van der Waals surface area contributed by atoms with Gasteiger partial charge in [0.05, 0.1) is 5.75 Å². The van der Waals surface area contributed by atoms with E-state index in [0.29, 0.717) is 31.7 Å². The van der Waals surface area contributed by atoms with Gasteiger partial charge in [-0.3, -0.25) is 4.79 Å². The third-order valence-electron chi connectivity index (χ3n) is 5.41. The predicted molar refractivity (Wildman–Crippen MR) is 120 cm³/mol. The van der Waals surface area contributed by atoms with Crippen LogP contribution in [-0.2, 0) is 10.0 Å². The minimum atomic E-state index is -3.41. The summed E-state index contributed by atoms with van der Waals surface area (Å²) in [7, 11) is -3.41. The monoisotopic (exact) mass is 423 g/mol. The third-order valence-corrected chi connectivity index (χ3v) is 7.28. The van der Waals surface area contributed by atoms with Gasteiger partial charge in [0, 0.05) is 44.0 Å². The van der Waals surface area contributed by atoms with Gasteiger partial charge in [-0.25, -0.2) is 8.42 Å². The van der Waals surface area contributed by atoms with E-state index >= 15 is 0 Å². The van der Waals surface area contributed by atoms with E-state index in [-0.39, 0.29) is 18.2 Å². The lowest BCUT2D eigenvalue weighted by atomic mass is 10.1. The first-order valence-electron chi connectivity index (χ1n) is 10.1. The number of fused-ring (bicyclic) bond motifs is 1. The quantitative estimate of drug-likeness (QED) is 0.662. The first-order valence-corrected chi connectivity index (χ1v) is 11.7. The van der Waals surface area contributed by atoms with Crippen LogP contribution in [0.5, 0.6) is 0 Å². The Morgan fingerprint density at radius 2 is 1.50 bits per heavy atom. The Bertz CT molecular complexity index is 1120. The van der Waals surface area contributed by atoms with Gasteiger partial charge in [-0.2, -0.15) is 4.31 Å². The van der Waals surface area contributed by atoms with Crippen molar-refractivity contribution in [1.29, 1.82) is 0 Å². The van der Waals surface area contributed by atoms with Crippen molar-refractivity contribution in [1.82, 2.24) is 9.62 Å². The molecule has 3 aromatic rings. The Hall–Kier alpha value is -2.90. The van der Waals surface area contributed by atoms with E-state index in [1.807, 2.05) is 66.7 Å². The third kappa shape index (κ3) is 4.63. The lowest BCUT2D eigenvalue weighted by Gasteiger charge is -2.35. The highest BCUT2D eigenvalue weighted by Crippen LogP contribution is 2.17. The van der Waals surface area contributed by atoms with Crippen molar-refractivity contribution < 1.29 is 13.2 Å². The maximum absolute atomic E-state index is 12.7. The fraction of sp³-hybridized carbons (Fsp3) is 0.261. The average Bonchev–Trinajstić information content (AvgIpc) is 2.79. The molecule has 1 aliphatic rings. The summed E-state index contributed by atoms with van der Waals surface area (Å²) in [6.45, 7) is 2.32. The van der Waals surface area contributed by atoms with E-state index in [1.54, 1.807) is 6.07 Å². The Morgan fingerprint density at radius 1 is 0.833 bits per heavy atom. The van der Waals surface area contributed by atoms with Gasteiger partial charge in [-0.15, -0.1) is 0 Å². The van der Waals surface area contributed by atoms with Crippen molar-refractivity contribution in [3.63, 3.8) is 0 Å². The first-order chi connectivity index (χ1) is 14.5. The lowest BCUT2D eigenvalue weighted by Crippen LogP contribution is -2.50. The van der Waals surface area contributed by atoms with Gasteiger partial charge >= 0.3 is 0 Å². The largest absolute Gasteiger partial charge is 0.369 e. The van der Waals surface area contributed by atoms with Crippen LogP contribution in [0.4, 0.5) is 5.69 Å². The SMILES string of the molecule is O=C(NCCS(=O)(=O)N1CCN(c2ccccc2)CC1)c1ccc2ccccc2c1. The van der Waals surface area contributed by atoms with Gasteiger partial charge in [0.15, 0.2) is 0 Å². The summed E-state index contributed by atoms with van der Waals surface area (Å²) >= 11 is 0. The number of benzene rings is 3. The molecule has 1 fully saturated rings. The number of carbonyl (C=O) groups is 1. The second-order valence-electron chi connectivity index (χ2n) is 7.36. The molecule has 0 aliphatic carbocycles. The van der Waals surface area contributed by atoms with E-state index < -0.39 is 10.0 Å². The Labute approximate surface area is 177 Å². The van der Waals surface area contributed by atoms with E-state index in [2.05, 4.69) is 10.2 Å². The van der Waals surface area contributed by atoms with Crippen LogP contribution in [-0.4, -0.2) is 57.1 Å². The van der Waals surface area contributed by atoms with Crippen LogP contribution < -0.4 is 10.2 Å². The molecular formula is C23H25N3O3S. The molecule has 1 saturated heterocycles. The molecule has 156 valence electrons. The number of hydrogen-bond acceptors (Lipinski definition) is 4. The van der Waals surface area contributed by atoms with Gasteiger partial charge in [0.25, 0.3) is 5.91 Å². The van der Waals surface area contributed by atoms with Crippen molar-refractivity contribution in [3.05, 3.63) is 78.4 Å². The molecule has 4 rings (SSSR count). The van der Waals surface area contributed by atoms with Gasteiger partial charge in [-0.05, 0) is 35.0 Å². The molecular weight excluding hydrogens is 398 g/mol. The zero-order chi connectivity index (χ0) is 21.0. The lowest BCUT2D eigenvalue weighted by molar-refractivity contribution is 0.0956. The second-order valence-corrected chi connectivity index (χ2v) is 9.44. The topological polar surface area (TPSA) is 69.7 Å². The van der Waals surface area contributed by atoms with Crippen molar-refractivity contribution in [2.45, 2.75) is 0 Å². The predicted octanol–water partition coefficient (Wildman–Crippen LogP) is 2.72. The fourth-order valence-corrected chi connectivity index (χ4v) is 5.06. The molecule has 1 amide bonds. The number of carbonyl (C=O) groups excluding carboxylic acids is 1. The molecule has 1 N–H and O–H groups in total. The smallest absolute Gasteiger partial charge is 0.251 e. The summed E-state index contributed by atoms with van der Waals surface area (Å²) in [4.78, 5) is 14.6. The molecule has 1 aliphatic heterocycles. The van der Waals surface area contributed by atoms with Gasteiger partial charge in [-0.1, -0.05) is 48.5 Å².